The van der Waals surface area contributed by atoms with E-state index in [4.69, 9.17) is 14.7 Å². The Morgan fingerprint density at radius 2 is 1.68 bits per heavy atom. The molecule has 0 saturated heterocycles. The number of aryl methyl sites for hydroxylation is 5. The fourth-order valence-corrected chi connectivity index (χ4v) is 6.19. The average molecular weight is 722 g/mol. The van der Waals surface area contributed by atoms with Crippen LogP contribution in [0.4, 0.5) is 0 Å². The molecule has 0 bridgehead atoms. The van der Waals surface area contributed by atoms with E-state index in [2.05, 4.69) is 48.7 Å². The Hall–Kier alpha value is -3.69. The predicted octanol–water partition coefficient (Wildman–Crippen LogP) is 8.83. The summed E-state index contributed by atoms with van der Waals surface area (Å²) in [6.07, 6.45) is 3.72. The number of nitrogens with zero attached hydrogens (tertiary/aromatic N) is 3. The fraction of sp³-hybridized carbons (Fsp3) is 0.257. The van der Waals surface area contributed by atoms with E-state index >= 15 is 0 Å². The molecular weight excluding hydrogens is 689 g/mol. The van der Waals surface area contributed by atoms with Crippen LogP contribution in [0.1, 0.15) is 58.7 Å². The molecule has 6 heteroatoms. The first-order valence-electron chi connectivity index (χ1n) is 14.0. The number of aromatic hydroxyl groups is 1. The normalized spacial score (nSPS) is 13.5. The van der Waals surface area contributed by atoms with Gasteiger partial charge in [0.1, 0.15) is 17.1 Å². The smallest absolute Gasteiger partial charge is 0.217 e. The Balaban J connectivity index is 0.00000302. The van der Waals surface area contributed by atoms with Crippen LogP contribution in [0, 0.1) is 40.7 Å². The van der Waals surface area contributed by atoms with Crippen molar-refractivity contribution in [3.05, 3.63) is 94.2 Å². The minimum Gasteiger partial charge on any atom is -0.505 e. The predicted molar refractivity (Wildman–Crippen MR) is 161 cm³/mol. The summed E-state index contributed by atoms with van der Waals surface area (Å²) in [5.74, 6) is 2.65. The molecule has 3 aromatic carbocycles. The van der Waals surface area contributed by atoms with Gasteiger partial charge in [-0.15, -0.1) is 17.7 Å². The molecule has 0 radical (unpaired) electrons. The molecule has 1 aliphatic carbocycles. The number of phenols is 1. The number of hydrogen-bond donors (Lipinski definition) is 1. The molecule has 3 heterocycles. The summed E-state index contributed by atoms with van der Waals surface area (Å²) >= 11 is 0. The van der Waals surface area contributed by atoms with Gasteiger partial charge in [0.25, 0.3) is 0 Å². The van der Waals surface area contributed by atoms with Gasteiger partial charge >= 0.3 is 0 Å². The first-order valence-corrected chi connectivity index (χ1v) is 14.0. The van der Waals surface area contributed by atoms with Crippen molar-refractivity contribution in [2.45, 2.75) is 59.8 Å². The Kier molecular flexibility index (Phi) is 6.90. The monoisotopic (exact) mass is 721 g/mol. The first-order chi connectivity index (χ1) is 19.3. The number of ether oxygens (including phenoxy) is 1. The zero-order valence-corrected chi connectivity index (χ0v) is 26.2. The first kappa shape index (κ1) is 27.5. The number of rotatable bonds is 4. The van der Waals surface area contributed by atoms with Crippen molar-refractivity contribution in [1.29, 1.82) is 0 Å². The Morgan fingerprint density at radius 1 is 0.878 bits per heavy atom. The zero-order valence-electron chi connectivity index (χ0n) is 23.9. The van der Waals surface area contributed by atoms with Crippen LogP contribution in [0.2, 0.25) is 0 Å². The molecule has 1 aliphatic rings. The van der Waals surface area contributed by atoms with Gasteiger partial charge in [-0.1, -0.05) is 60.1 Å². The molecule has 0 aliphatic heterocycles. The van der Waals surface area contributed by atoms with Crippen LogP contribution in [-0.4, -0.2) is 19.6 Å². The molecule has 1 saturated carbocycles. The molecule has 210 valence electrons. The van der Waals surface area contributed by atoms with Gasteiger partial charge in [-0.05, 0) is 80.7 Å². The number of hydrogen-bond acceptors (Lipinski definition) is 4. The van der Waals surface area contributed by atoms with Gasteiger partial charge in [0, 0.05) is 49.5 Å². The van der Waals surface area contributed by atoms with Crippen LogP contribution in [-0.2, 0) is 21.1 Å². The van der Waals surface area contributed by atoms with Crippen LogP contribution < -0.4 is 4.74 Å². The zero-order chi connectivity index (χ0) is 27.7. The van der Waals surface area contributed by atoms with Crippen LogP contribution in [0.3, 0.4) is 0 Å². The summed E-state index contributed by atoms with van der Waals surface area (Å²) in [6, 6.07) is 22.3. The van der Waals surface area contributed by atoms with E-state index < -0.39 is 0 Å². The summed E-state index contributed by atoms with van der Waals surface area (Å²) in [5, 5.41) is 14.0. The Labute approximate surface area is 254 Å². The maximum Gasteiger partial charge on any atom is 0.217 e. The van der Waals surface area contributed by atoms with Gasteiger partial charge in [0.15, 0.2) is 0 Å². The van der Waals surface area contributed by atoms with E-state index in [1.807, 2.05) is 51.1 Å². The van der Waals surface area contributed by atoms with Crippen molar-refractivity contribution in [1.82, 2.24) is 14.5 Å². The molecule has 3 aromatic heterocycles. The van der Waals surface area contributed by atoms with E-state index in [0.717, 1.165) is 39.1 Å². The van der Waals surface area contributed by atoms with Crippen LogP contribution in [0.25, 0.3) is 38.5 Å². The standard InChI is InChI=1S/C35H32N3O2.Pt/c1-19-14-27(24-9-7-10-24)34-28(15-19)32-22(4)16-25(18-29(32)38(34)30-11-6-8-23(5)36-30)40-31-17-21(3)26-13-12-20(2)35(39)33(26)37-31;/h6,8,11-17,24,39H,7,9-10H2,1-5H3;/q-1;. The summed E-state index contributed by atoms with van der Waals surface area (Å²) in [6.45, 7) is 10.2. The van der Waals surface area contributed by atoms with Crippen LogP contribution >= 0.6 is 0 Å². The summed E-state index contributed by atoms with van der Waals surface area (Å²) in [7, 11) is 0. The molecule has 1 N–H and O–H groups in total. The SMILES string of the molecule is Cc1cc(C2CCC2)c2c(c1)c1c(C)cc(Oc3cc(C)c4ccc(C)c(O)c4n3)[c-]c1n2-c1cccc(C)n1.[Pt]. The van der Waals surface area contributed by atoms with Crippen molar-refractivity contribution < 1.29 is 30.9 Å². The van der Waals surface area contributed by atoms with Gasteiger partial charge < -0.3 is 14.4 Å². The van der Waals surface area contributed by atoms with Gasteiger partial charge in [0.05, 0.1) is 0 Å². The number of aromatic nitrogens is 3. The molecule has 5 nitrogen and oxygen atoms in total. The molecular formula is C35H32N3O2Pt-. The van der Waals surface area contributed by atoms with E-state index in [0.29, 0.717) is 23.1 Å². The molecule has 6 aromatic rings. The summed E-state index contributed by atoms with van der Waals surface area (Å²) < 4.78 is 8.66. The molecule has 0 amide bonds. The fourth-order valence-electron chi connectivity index (χ4n) is 6.19. The van der Waals surface area contributed by atoms with E-state index in [9.17, 15) is 5.11 Å². The third-order valence-electron chi connectivity index (χ3n) is 8.42. The summed E-state index contributed by atoms with van der Waals surface area (Å²) in [5.41, 5.74) is 9.25. The number of benzene rings is 3. The molecule has 0 atom stereocenters. The van der Waals surface area contributed by atoms with E-state index in [1.165, 1.54) is 46.7 Å². The number of phenolic OH excluding ortho intramolecular Hbond substituents is 1. The van der Waals surface area contributed by atoms with Crippen molar-refractivity contribution in [2.24, 2.45) is 0 Å². The molecule has 1 fully saturated rings. The number of fused-ring (bicyclic) bond motifs is 4. The second-order valence-electron chi connectivity index (χ2n) is 11.4. The number of pyridine rings is 2. The Bertz CT molecular complexity index is 1990. The van der Waals surface area contributed by atoms with Gasteiger partial charge in [-0.25, -0.2) is 9.97 Å². The summed E-state index contributed by atoms with van der Waals surface area (Å²) in [4.78, 5) is 9.64. The van der Waals surface area contributed by atoms with Crippen molar-refractivity contribution >= 4 is 32.7 Å². The van der Waals surface area contributed by atoms with Gasteiger partial charge in [-0.3, -0.25) is 0 Å². The minimum atomic E-state index is 0. The quantitative estimate of drug-likeness (QED) is 0.185. The molecule has 41 heavy (non-hydrogen) atoms. The van der Waals surface area contributed by atoms with Crippen molar-refractivity contribution in [3.63, 3.8) is 0 Å². The van der Waals surface area contributed by atoms with Gasteiger partial charge in [0.2, 0.25) is 5.88 Å². The van der Waals surface area contributed by atoms with Crippen molar-refractivity contribution in [2.75, 3.05) is 0 Å². The van der Waals surface area contributed by atoms with Crippen molar-refractivity contribution in [3.8, 4) is 23.2 Å². The largest absolute Gasteiger partial charge is 0.505 e. The maximum atomic E-state index is 10.7. The topological polar surface area (TPSA) is 60.2 Å². The maximum absolute atomic E-state index is 10.7. The third kappa shape index (κ3) is 4.51. The molecule has 0 unspecified atom stereocenters. The third-order valence-corrected chi connectivity index (χ3v) is 8.42. The average Bonchev–Trinajstić information content (AvgIpc) is 3.20. The molecule has 7 rings (SSSR count). The molecule has 0 spiro atoms. The second-order valence-corrected chi connectivity index (χ2v) is 11.4. The minimum absolute atomic E-state index is 0. The van der Waals surface area contributed by atoms with E-state index in [1.54, 1.807) is 0 Å². The van der Waals surface area contributed by atoms with E-state index in [-0.39, 0.29) is 26.8 Å². The second kappa shape index (κ2) is 10.3. The Morgan fingerprint density at radius 3 is 2.41 bits per heavy atom. The van der Waals surface area contributed by atoms with Crippen LogP contribution in [0.5, 0.6) is 17.4 Å². The van der Waals surface area contributed by atoms with Gasteiger partial charge in [-0.2, -0.15) is 0 Å². The van der Waals surface area contributed by atoms with Crippen LogP contribution in [0.15, 0.2) is 54.6 Å².